The van der Waals surface area contributed by atoms with Crippen LogP contribution in [-0.4, -0.2) is 86.2 Å². The van der Waals surface area contributed by atoms with Gasteiger partial charge in [0.15, 0.2) is 0 Å². The van der Waals surface area contributed by atoms with E-state index < -0.39 is 49.5 Å². The molecule has 46 heavy (non-hydrogen) atoms. The van der Waals surface area contributed by atoms with Crippen molar-refractivity contribution in [1.82, 2.24) is 14.8 Å². The number of carbonyl (C=O) groups is 2. The number of hydrogen-bond acceptors (Lipinski definition) is 6. The molecule has 1 fully saturated rings. The summed E-state index contributed by atoms with van der Waals surface area (Å²) in [6.45, 7) is 1.38. The zero-order valence-electron chi connectivity index (χ0n) is 29.2. The van der Waals surface area contributed by atoms with Crippen molar-refractivity contribution < 1.29 is 40.7 Å². The lowest BCUT2D eigenvalue weighted by Gasteiger charge is -2.33. The van der Waals surface area contributed by atoms with Crippen LogP contribution in [0.15, 0.2) is 42.5 Å². The molecule has 0 bridgehead atoms. The van der Waals surface area contributed by atoms with Gasteiger partial charge in [-0.15, -0.1) is 0 Å². The second kappa shape index (κ2) is 13.9. The summed E-state index contributed by atoms with van der Waals surface area (Å²) in [4.78, 5) is 28.8. The quantitative estimate of drug-likeness (QED) is 0.248. The Kier molecular flexibility index (Phi) is 9.14. The highest BCUT2D eigenvalue weighted by molar-refractivity contribution is 5.97. The van der Waals surface area contributed by atoms with Crippen molar-refractivity contribution in [2.75, 3.05) is 51.0 Å². The van der Waals surface area contributed by atoms with Gasteiger partial charge >= 0.3 is 12.3 Å². The molecule has 3 aromatic rings. The number of likely N-dealkylation sites (tertiary alicyclic amines) is 1. The number of hydrogen-bond donors (Lipinski definition) is 2. The van der Waals surface area contributed by atoms with Crippen molar-refractivity contribution in [3.05, 3.63) is 53.7 Å². The van der Waals surface area contributed by atoms with Crippen LogP contribution in [0.2, 0.25) is 0 Å². The Labute approximate surface area is 270 Å². The lowest BCUT2D eigenvalue weighted by Crippen LogP contribution is -2.46. The number of amides is 2. The van der Waals surface area contributed by atoms with E-state index in [9.17, 15) is 27.2 Å². The molecule has 2 N–H and O–H groups in total. The summed E-state index contributed by atoms with van der Waals surface area (Å²) in [6, 6.07) is 9.64. The van der Waals surface area contributed by atoms with Gasteiger partial charge < -0.3 is 29.6 Å². The molecule has 0 aliphatic carbocycles. The van der Waals surface area contributed by atoms with Gasteiger partial charge in [-0.1, -0.05) is 12.0 Å². The lowest BCUT2D eigenvalue weighted by atomic mass is 10.0. The Balaban J connectivity index is 1.73. The number of fused-ring (bicyclic) bond motifs is 1. The van der Waals surface area contributed by atoms with Gasteiger partial charge in [-0.3, -0.25) is 9.69 Å². The van der Waals surface area contributed by atoms with Gasteiger partial charge in [0.1, 0.15) is 24.1 Å². The van der Waals surface area contributed by atoms with Crippen LogP contribution >= 0.6 is 0 Å². The van der Waals surface area contributed by atoms with Crippen molar-refractivity contribution in [2.24, 2.45) is 0 Å². The van der Waals surface area contributed by atoms with E-state index >= 15 is 0 Å². The van der Waals surface area contributed by atoms with E-state index in [-0.39, 0.29) is 41.3 Å². The maximum atomic E-state index is 14.8. The Morgan fingerprint density at radius 1 is 1.17 bits per heavy atom. The molecule has 0 saturated carbocycles. The van der Waals surface area contributed by atoms with Crippen molar-refractivity contribution in [2.45, 2.75) is 57.7 Å². The third-order valence-corrected chi connectivity index (χ3v) is 7.28. The minimum Gasteiger partial charge on any atom is -0.495 e. The molecule has 0 unspecified atom stereocenters. The number of carbonyl (C=O) groups excluding carboxylic acids is 2. The molecule has 9 nitrogen and oxygen atoms in total. The molecular formula is C33H39F4N5O4. The molecule has 248 valence electrons. The van der Waals surface area contributed by atoms with E-state index in [1.807, 2.05) is 17.3 Å². The summed E-state index contributed by atoms with van der Waals surface area (Å²) in [6.07, 6.45) is -6.11. The van der Waals surface area contributed by atoms with Crippen molar-refractivity contribution >= 4 is 34.3 Å². The summed E-state index contributed by atoms with van der Waals surface area (Å²) in [5.41, 5.74) is -0.169. The highest BCUT2D eigenvalue weighted by Crippen LogP contribution is 2.33. The van der Waals surface area contributed by atoms with Crippen molar-refractivity contribution in [3.8, 4) is 17.6 Å². The van der Waals surface area contributed by atoms with Gasteiger partial charge in [-0.25, -0.2) is 9.18 Å². The Hall–Kier alpha value is -4.44. The molecular weight excluding hydrogens is 606 g/mol. The van der Waals surface area contributed by atoms with Crippen LogP contribution in [0.3, 0.4) is 0 Å². The molecule has 2 atom stereocenters. The van der Waals surface area contributed by atoms with E-state index in [4.69, 9.17) is 13.6 Å². The minimum atomic E-state index is -4.59. The molecule has 1 saturated heterocycles. The molecule has 13 heteroatoms. The molecule has 0 radical (unpaired) electrons. The molecule has 0 spiro atoms. The fourth-order valence-corrected chi connectivity index (χ4v) is 5.17. The maximum absolute atomic E-state index is 14.8. The van der Waals surface area contributed by atoms with Crippen LogP contribution in [0.1, 0.15) is 47.4 Å². The normalized spacial score (nSPS) is 18.4. The van der Waals surface area contributed by atoms with Crippen molar-refractivity contribution in [1.29, 1.82) is 0 Å². The van der Waals surface area contributed by atoms with E-state index in [2.05, 4.69) is 17.2 Å². The zero-order valence-corrected chi connectivity index (χ0v) is 26.2. The number of anilines is 2. The summed E-state index contributed by atoms with van der Waals surface area (Å²) in [5, 5.41) is 5.48. The van der Waals surface area contributed by atoms with Crippen LogP contribution in [0.5, 0.6) is 5.75 Å². The Bertz CT molecular complexity index is 1740. The minimum absolute atomic E-state index is 0.00725. The first kappa shape index (κ1) is 30.2. The number of alkyl halides is 4. The second-order valence-corrected chi connectivity index (χ2v) is 12.0. The molecule has 2 heterocycles. The van der Waals surface area contributed by atoms with E-state index in [0.717, 1.165) is 9.47 Å². The van der Waals surface area contributed by atoms with Gasteiger partial charge in [0.2, 0.25) is 0 Å². The van der Waals surface area contributed by atoms with Gasteiger partial charge in [0.05, 0.1) is 36.6 Å². The second-order valence-electron chi connectivity index (χ2n) is 12.0. The number of benzene rings is 2. The van der Waals surface area contributed by atoms with Gasteiger partial charge in [0, 0.05) is 40.8 Å². The first-order valence-corrected chi connectivity index (χ1v) is 14.5. The lowest BCUT2D eigenvalue weighted by molar-refractivity contribution is -0.140. The number of rotatable bonds is 7. The van der Waals surface area contributed by atoms with E-state index in [1.54, 1.807) is 32.9 Å². The first-order chi connectivity index (χ1) is 22.7. The van der Waals surface area contributed by atoms with Gasteiger partial charge in [0.25, 0.3) is 5.91 Å². The van der Waals surface area contributed by atoms with Crippen LogP contribution in [0, 0.1) is 11.8 Å². The van der Waals surface area contributed by atoms with Crippen molar-refractivity contribution in [3.63, 3.8) is 0 Å². The predicted octanol–water partition coefficient (Wildman–Crippen LogP) is 5.82. The average Bonchev–Trinajstić information content (AvgIpc) is 3.31. The largest absolute Gasteiger partial charge is 0.495 e. The smallest absolute Gasteiger partial charge is 0.415 e. The van der Waals surface area contributed by atoms with Crippen LogP contribution in [0.25, 0.3) is 10.9 Å². The van der Waals surface area contributed by atoms with E-state index in [0.29, 0.717) is 24.0 Å². The molecule has 2 amide bonds. The monoisotopic (exact) mass is 648 g/mol. The molecule has 4 rings (SSSR count). The maximum Gasteiger partial charge on any atom is 0.415 e. The Morgan fingerprint density at radius 2 is 1.93 bits per heavy atom. The predicted molar refractivity (Wildman–Crippen MR) is 169 cm³/mol. The third kappa shape index (κ3) is 8.42. The summed E-state index contributed by atoms with van der Waals surface area (Å²) >= 11 is 0. The number of nitrogens with zero attached hydrogens (tertiary/aromatic N) is 3. The number of ether oxygens (including phenoxy) is 2. The first-order valence-electron chi connectivity index (χ1n) is 16.0. The average molecular weight is 649 g/mol. The molecule has 1 aromatic heterocycles. The fraction of sp³-hybridized carbons (Fsp3) is 0.455. The van der Waals surface area contributed by atoms with Crippen LogP contribution in [-0.2, 0) is 11.3 Å². The summed E-state index contributed by atoms with van der Waals surface area (Å²) in [5.74, 6) is 4.65. The van der Waals surface area contributed by atoms with Crippen LogP contribution < -0.4 is 20.3 Å². The van der Waals surface area contributed by atoms with E-state index in [1.165, 1.54) is 37.4 Å². The van der Waals surface area contributed by atoms with Gasteiger partial charge in [-0.2, -0.15) is 13.2 Å². The third-order valence-electron chi connectivity index (χ3n) is 7.28. The molecule has 2 aromatic carbocycles. The summed E-state index contributed by atoms with van der Waals surface area (Å²) in [7, 11) is 3.10. The van der Waals surface area contributed by atoms with Crippen LogP contribution in [0.4, 0.5) is 33.7 Å². The SMILES string of the molecule is [2H]C([2H])([2H])NC(=O)c1ccc(N(CC#Cc2cc3c(N[C@@H]4CCN(C)C[C@@H]4F)cccc3n2CC(F)(F)F)C(=O)OC(C)(C)C)c(OC)c1. The number of halogens is 4. The fourth-order valence-electron chi connectivity index (χ4n) is 5.17. The molecule has 1 aliphatic rings. The number of methoxy groups -OCH3 is 1. The Morgan fingerprint density at radius 3 is 2.59 bits per heavy atom. The highest BCUT2D eigenvalue weighted by Gasteiger charge is 2.31. The standard InChI is InChI=1S/C33H39F4N5O4/c1-32(2,3)46-31(44)41(28-13-12-21(30(43)38-4)17-29(28)45-6)15-8-9-22-18-23-25(39-26-14-16-40(5)19-24(26)34)10-7-11-27(23)42(22)20-33(35,36)37/h7,10-13,17-18,24,26,39H,14-16,19-20H2,1-6H3,(H,38,43)/t24-,26+/m0/s1/i4D3. The highest BCUT2D eigenvalue weighted by atomic mass is 19.4. The zero-order chi connectivity index (χ0) is 36.3. The number of nitrogens with one attached hydrogen (secondary N) is 2. The number of piperidine rings is 1. The van der Waals surface area contributed by atoms with Gasteiger partial charge in [-0.05, 0) is 76.6 Å². The topological polar surface area (TPSA) is 88.1 Å². The molecule has 1 aliphatic heterocycles. The summed E-state index contributed by atoms with van der Waals surface area (Å²) < 4.78 is 90.1. The number of aromatic nitrogens is 1.